The molecule has 0 radical (unpaired) electrons. The summed E-state index contributed by atoms with van der Waals surface area (Å²) in [7, 11) is 1.57. The molecule has 2 atom stereocenters. The Bertz CT molecular complexity index is 536. The van der Waals surface area contributed by atoms with E-state index in [-0.39, 0.29) is 17.0 Å². The Kier molecular flexibility index (Phi) is 4.86. The van der Waals surface area contributed by atoms with Gasteiger partial charge in [0.1, 0.15) is 6.04 Å². The number of carboxylic acids is 1. The number of aliphatic carboxylic acids is 1. The summed E-state index contributed by atoms with van der Waals surface area (Å²) < 4.78 is 1.33. The molecule has 0 saturated heterocycles. The van der Waals surface area contributed by atoms with Crippen molar-refractivity contribution in [1.82, 2.24) is 9.88 Å². The molecule has 0 fully saturated rings. The van der Waals surface area contributed by atoms with Crippen LogP contribution in [-0.2, 0) is 11.8 Å². The molecule has 19 heavy (non-hydrogen) atoms. The lowest BCUT2D eigenvalue weighted by molar-refractivity contribution is -0.140. The molecule has 1 aromatic heterocycles. The summed E-state index contributed by atoms with van der Waals surface area (Å²) in [5.41, 5.74) is -0.152. The summed E-state index contributed by atoms with van der Waals surface area (Å²) in [5.74, 6) is -1.81. The first kappa shape index (κ1) is 14.9. The molecule has 104 valence electrons. The van der Waals surface area contributed by atoms with E-state index < -0.39 is 17.9 Å². The Labute approximate surface area is 111 Å². The van der Waals surface area contributed by atoms with Gasteiger partial charge in [0.05, 0.1) is 0 Å². The number of nitrogens with zero attached hydrogens (tertiary/aromatic N) is 1. The van der Waals surface area contributed by atoms with E-state index in [2.05, 4.69) is 5.32 Å². The SMILES string of the molecule is CC[C@H](C)[C@@H](NC(=O)c1ccn(C)c(=O)c1)C(=O)O. The maximum atomic E-state index is 11.9. The van der Waals surface area contributed by atoms with Gasteiger partial charge in [0, 0.05) is 24.9 Å². The second-order valence-electron chi connectivity index (χ2n) is 4.54. The van der Waals surface area contributed by atoms with Crippen molar-refractivity contribution in [3.05, 3.63) is 34.2 Å². The largest absolute Gasteiger partial charge is 0.480 e. The van der Waals surface area contributed by atoms with Gasteiger partial charge in [-0.2, -0.15) is 0 Å². The Hall–Kier alpha value is -2.11. The molecule has 0 unspecified atom stereocenters. The molecule has 0 saturated carbocycles. The molecule has 1 rings (SSSR count). The smallest absolute Gasteiger partial charge is 0.326 e. The molecular weight excluding hydrogens is 248 g/mol. The summed E-state index contributed by atoms with van der Waals surface area (Å²) in [6.45, 7) is 3.61. The maximum absolute atomic E-state index is 11.9. The highest BCUT2D eigenvalue weighted by molar-refractivity contribution is 5.96. The third kappa shape index (κ3) is 3.67. The number of carbonyl (C=O) groups excluding carboxylic acids is 1. The summed E-state index contributed by atoms with van der Waals surface area (Å²) in [6.07, 6.45) is 2.10. The third-order valence-electron chi connectivity index (χ3n) is 3.13. The quantitative estimate of drug-likeness (QED) is 0.817. The van der Waals surface area contributed by atoms with Crippen LogP contribution in [0.3, 0.4) is 0 Å². The van der Waals surface area contributed by atoms with E-state index in [9.17, 15) is 14.4 Å². The van der Waals surface area contributed by atoms with E-state index in [1.54, 1.807) is 14.0 Å². The second kappa shape index (κ2) is 6.17. The van der Waals surface area contributed by atoms with E-state index in [1.807, 2.05) is 6.92 Å². The minimum absolute atomic E-state index is 0.164. The topological polar surface area (TPSA) is 88.4 Å². The molecule has 0 aliphatic heterocycles. The van der Waals surface area contributed by atoms with Gasteiger partial charge in [-0.1, -0.05) is 20.3 Å². The van der Waals surface area contributed by atoms with E-state index in [0.29, 0.717) is 6.42 Å². The molecule has 1 heterocycles. The average molecular weight is 266 g/mol. The fourth-order valence-electron chi connectivity index (χ4n) is 1.60. The lowest BCUT2D eigenvalue weighted by Gasteiger charge is -2.20. The van der Waals surface area contributed by atoms with Gasteiger partial charge in [0.25, 0.3) is 11.5 Å². The first-order valence-corrected chi connectivity index (χ1v) is 6.07. The standard InChI is InChI=1S/C13H18N2O4/c1-4-8(2)11(13(18)19)14-12(17)9-5-6-15(3)10(16)7-9/h5-8,11H,4H2,1-3H3,(H,14,17)(H,18,19)/t8-,11+/m0/s1. The summed E-state index contributed by atoms with van der Waals surface area (Å²) >= 11 is 0. The molecule has 6 heteroatoms. The number of aromatic nitrogens is 1. The predicted molar refractivity (Wildman–Crippen MR) is 70.0 cm³/mol. The van der Waals surface area contributed by atoms with E-state index >= 15 is 0 Å². The van der Waals surface area contributed by atoms with Gasteiger partial charge in [0.15, 0.2) is 0 Å². The normalized spacial score (nSPS) is 13.6. The van der Waals surface area contributed by atoms with Gasteiger partial charge in [0.2, 0.25) is 0 Å². The van der Waals surface area contributed by atoms with E-state index in [1.165, 1.54) is 22.9 Å². The molecule has 0 bridgehead atoms. The van der Waals surface area contributed by atoms with Gasteiger partial charge in [-0.15, -0.1) is 0 Å². The number of carbonyl (C=O) groups is 2. The van der Waals surface area contributed by atoms with Gasteiger partial charge in [-0.25, -0.2) is 4.79 Å². The average Bonchev–Trinajstić information content (AvgIpc) is 2.37. The highest BCUT2D eigenvalue weighted by atomic mass is 16.4. The van der Waals surface area contributed by atoms with Crippen molar-refractivity contribution in [3.63, 3.8) is 0 Å². The molecule has 0 aliphatic carbocycles. The number of hydrogen-bond acceptors (Lipinski definition) is 3. The molecular formula is C13H18N2O4. The van der Waals surface area contributed by atoms with Crippen LogP contribution in [0.2, 0.25) is 0 Å². The highest BCUT2D eigenvalue weighted by Gasteiger charge is 2.25. The summed E-state index contributed by atoms with van der Waals surface area (Å²) in [6, 6.07) is 1.71. The van der Waals surface area contributed by atoms with Crippen molar-refractivity contribution in [3.8, 4) is 0 Å². The number of carboxylic acid groups (broad SMARTS) is 1. The molecule has 0 spiro atoms. The van der Waals surface area contributed by atoms with Crippen molar-refractivity contribution in [2.45, 2.75) is 26.3 Å². The van der Waals surface area contributed by atoms with Crippen LogP contribution in [-0.4, -0.2) is 27.6 Å². The Morgan fingerprint density at radius 2 is 2.11 bits per heavy atom. The van der Waals surface area contributed by atoms with Crippen molar-refractivity contribution < 1.29 is 14.7 Å². The summed E-state index contributed by atoms with van der Waals surface area (Å²) in [4.78, 5) is 34.4. The van der Waals surface area contributed by atoms with Gasteiger partial charge in [-0.05, 0) is 12.0 Å². The zero-order chi connectivity index (χ0) is 14.6. The van der Waals surface area contributed by atoms with Crippen molar-refractivity contribution in [2.75, 3.05) is 0 Å². The van der Waals surface area contributed by atoms with Crippen LogP contribution in [0.25, 0.3) is 0 Å². The van der Waals surface area contributed by atoms with Crippen molar-refractivity contribution in [2.24, 2.45) is 13.0 Å². The lowest BCUT2D eigenvalue weighted by atomic mass is 9.99. The summed E-state index contributed by atoms with van der Waals surface area (Å²) in [5, 5.41) is 11.5. The fourth-order valence-corrected chi connectivity index (χ4v) is 1.60. The molecule has 2 N–H and O–H groups in total. The van der Waals surface area contributed by atoms with Crippen LogP contribution in [0.5, 0.6) is 0 Å². The molecule has 1 amide bonds. The number of rotatable bonds is 5. The first-order chi connectivity index (χ1) is 8.86. The van der Waals surface area contributed by atoms with Crippen LogP contribution in [0.4, 0.5) is 0 Å². The third-order valence-corrected chi connectivity index (χ3v) is 3.13. The van der Waals surface area contributed by atoms with E-state index in [4.69, 9.17) is 5.11 Å². The van der Waals surface area contributed by atoms with Crippen LogP contribution in [0.1, 0.15) is 30.6 Å². The first-order valence-electron chi connectivity index (χ1n) is 6.07. The fraction of sp³-hybridized carbons (Fsp3) is 0.462. The van der Waals surface area contributed by atoms with Gasteiger partial charge < -0.3 is 15.0 Å². The zero-order valence-electron chi connectivity index (χ0n) is 11.2. The van der Waals surface area contributed by atoms with Crippen molar-refractivity contribution >= 4 is 11.9 Å². The van der Waals surface area contributed by atoms with Crippen LogP contribution in [0.15, 0.2) is 23.1 Å². The number of nitrogens with one attached hydrogen (secondary N) is 1. The van der Waals surface area contributed by atoms with Gasteiger partial charge >= 0.3 is 5.97 Å². The highest BCUT2D eigenvalue weighted by Crippen LogP contribution is 2.09. The van der Waals surface area contributed by atoms with Crippen molar-refractivity contribution in [1.29, 1.82) is 0 Å². The molecule has 6 nitrogen and oxygen atoms in total. The number of aryl methyl sites for hydroxylation is 1. The van der Waals surface area contributed by atoms with Crippen LogP contribution < -0.4 is 10.9 Å². The second-order valence-corrected chi connectivity index (χ2v) is 4.54. The Morgan fingerprint density at radius 3 is 2.58 bits per heavy atom. The maximum Gasteiger partial charge on any atom is 0.326 e. The number of hydrogen-bond donors (Lipinski definition) is 2. The molecule has 0 aliphatic rings. The Morgan fingerprint density at radius 1 is 1.47 bits per heavy atom. The molecule has 1 aromatic rings. The minimum Gasteiger partial charge on any atom is -0.480 e. The van der Waals surface area contributed by atoms with Gasteiger partial charge in [-0.3, -0.25) is 9.59 Å². The number of amides is 1. The van der Waals surface area contributed by atoms with E-state index in [0.717, 1.165) is 0 Å². The number of pyridine rings is 1. The zero-order valence-corrected chi connectivity index (χ0v) is 11.2. The monoisotopic (exact) mass is 266 g/mol. The molecule has 0 aromatic carbocycles. The lowest BCUT2D eigenvalue weighted by Crippen LogP contribution is -2.45. The predicted octanol–water partition coefficient (Wildman–Crippen LogP) is 0.614. The Balaban J connectivity index is 2.91. The van der Waals surface area contributed by atoms with Crippen LogP contribution in [0, 0.1) is 5.92 Å². The minimum atomic E-state index is -1.08. The van der Waals surface area contributed by atoms with Crippen LogP contribution >= 0.6 is 0 Å².